The third kappa shape index (κ3) is 9.65. The lowest BCUT2D eigenvalue weighted by atomic mass is 9.91. The number of carbonyl (C=O) groups is 3. The van der Waals surface area contributed by atoms with E-state index in [1.54, 1.807) is 6.92 Å². The van der Waals surface area contributed by atoms with E-state index in [1.165, 1.54) is 0 Å². The summed E-state index contributed by atoms with van der Waals surface area (Å²) in [6.45, 7) is 6.38. The molecule has 1 fully saturated rings. The van der Waals surface area contributed by atoms with Gasteiger partial charge in [-0.25, -0.2) is 0 Å². The number of rotatable bonds is 13. The van der Waals surface area contributed by atoms with Gasteiger partial charge in [-0.05, 0) is 50.0 Å². The molecule has 180 valence electrons. The summed E-state index contributed by atoms with van der Waals surface area (Å²) in [5, 5.41) is 17.5. The van der Waals surface area contributed by atoms with Crippen LogP contribution in [0.1, 0.15) is 64.9 Å². The number of hydrogen-bond donors (Lipinski definition) is 3. The zero-order valence-electron chi connectivity index (χ0n) is 20.1. The van der Waals surface area contributed by atoms with E-state index >= 15 is 0 Å². The number of nitrogens with zero attached hydrogens (tertiary/aromatic N) is 1. The third-order valence-electron chi connectivity index (χ3n) is 6.07. The predicted molar refractivity (Wildman–Crippen MR) is 128 cm³/mol. The van der Waals surface area contributed by atoms with Crippen LogP contribution in [0.25, 0.3) is 0 Å². The minimum Gasteiger partial charge on any atom is -0.356 e. The van der Waals surface area contributed by atoms with E-state index in [4.69, 9.17) is 5.26 Å². The largest absolute Gasteiger partial charge is 0.356 e. The summed E-state index contributed by atoms with van der Waals surface area (Å²) >= 11 is 0. The zero-order chi connectivity index (χ0) is 24.2. The van der Waals surface area contributed by atoms with Crippen LogP contribution in [-0.2, 0) is 20.8 Å². The van der Waals surface area contributed by atoms with E-state index in [2.05, 4.69) is 16.0 Å². The number of hydrogen-bond acceptors (Lipinski definition) is 4. The fourth-order valence-electron chi connectivity index (χ4n) is 4.26. The molecule has 0 saturated carbocycles. The van der Waals surface area contributed by atoms with Gasteiger partial charge in [0.2, 0.25) is 17.7 Å². The summed E-state index contributed by atoms with van der Waals surface area (Å²) in [6, 6.07) is 10.6. The van der Waals surface area contributed by atoms with E-state index < -0.39 is 12.1 Å². The maximum Gasteiger partial charge on any atom is 0.243 e. The first kappa shape index (κ1) is 26.4. The molecular weight excluding hydrogens is 416 g/mol. The predicted octanol–water partition coefficient (Wildman–Crippen LogP) is 3.10. The van der Waals surface area contributed by atoms with Gasteiger partial charge in [-0.3, -0.25) is 14.4 Å². The molecule has 1 aromatic carbocycles. The lowest BCUT2D eigenvalue weighted by Gasteiger charge is -2.24. The van der Waals surface area contributed by atoms with Crippen LogP contribution in [0.15, 0.2) is 30.3 Å². The smallest absolute Gasteiger partial charge is 0.243 e. The van der Waals surface area contributed by atoms with Gasteiger partial charge in [0.05, 0.1) is 6.07 Å². The number of benzene rings is 1. The van der Waals surface area contributed by atoms with Crippen LogP contribution in [0.2, 0.25) is 0 Å². The molecule has 7 nitrogen and oxygen atoms in total. The first-order valence-electron chi connectivity index (χ1n) is 12.1. The average molecular weight is 455 g/mol. The van der Waals surface area contributed by atoms with Crippen LogP contribution >= 0.6 is 0 Å². The molecule has 0 spiro atoms. The number of nitrogens with one attached hydrogen (secondary N) is 3. The van der Waals surface area contributed by atoms with Gasteiger partial charge >= 0.3 is 0 Å². The normalized spacial score (nSPS) is 18.2. The maximum atomic E-state index is 13.3. The Balaban J connectivity index is 2.00. The van der Waals surface area contributed by atoms with Crippen LogP contribution < -0.4 is 16.0 Å². The molecular formula is C26H38N4O3. The molecule has 0 radical (unpaired) electrons. The molecule has 0 aliphatic carbocycles. The highest BCUT2D eigenvalue weighted by atomic mass is 16.2. The van der Waals surface area contributed by atoms with E-state index in [9.17, 15) is 14.4 Å². The summed E-state index contributed by atoms with van der Waals surface area (Å²) in [5.41, 5.74) is 1.09. The van der Waals surface area contributed by atoms with Gasteiger partial charge < -0.3 is 16.0 Å². The van der Waals surface area contributed by atoms with Crippen molar-refractivity contribution in [1.29, 1.82) is 5.26 Å². The van der Waals surface area contributed by atoms with Crippen LogP contribution in [0, 0.1) is 29.1 Å². The van der Waals surface area contributed by atoms with Gasteiger partial charge in [-0.2, -0.15) is 5.26 Å². The van der Waals surface area contributed by atoms with Gasteiger partial charge in [-0.15, -0.1) is 0 Å². The summed E-state index contributed by atoms with van der Waals surface area (Å²) in [6.07, 6.45) is 5.27. The minimum atomic E-state index is -0.665. The van der Waals surface area contributed by atoms with E-state index in [0.29, 0.717) is 25.2 Å². The summed E-state index contributed by atoms with van der Waals surface area (Å²) in [7, 11) is 0. The standard InChI is InChI=1S/C26H38N4O3/c1-18(2)13-23(26(33)29-19(3)16-27)30-25(32)22(14-20-9-5-4-6-10-20)12-8-7-11-21-15-24(31)28-17-21/h4-6,9-10,18-19,21-23H,7-8,11-15,17H2,1-3H3,(H,28,31)(H,29,33)(H,30,32)/t19?,21-,22-,23?/m1/s1. The van der Waals surface area contributed by atoms with Gasteiger partial charge in [0.25, 0.3) is 0 Å². The Bertz CT molecular complexity index is 819. The molecule has 1 saturated heterocycles. The molecule has 7 heteroatoms. The Morgan fingerprint density at radius 2 is 1.85 bits per heavy atom. The van der Waals surface area contributed by atoms with Crippen LogP contribution in [-0.4, -0.2) is 36.3 Å². The fraction of sp³-hybridized carbons (Fsp3) is 0.615. The summed E-state index contributed by atoms with van der Waals surface area (Å²) in [5.74, 6) is 0.0481. The number of unbranched alkanes of at least 4 members (excludes halogenated alkanes) is 1. The SMILES string of the molecule is CC(C)CC(NC(=O)[C@H](CCCC[C@H]1CNC(=O)C1)Cc1ccccc1)C(=O)NC(C)C#N. The molecule has 2 rings (SSSR count). The van der Waals surface area contributed by atoms with Crippen molar-refractivity contribution >= 4 is 17.7 Å². The number of amides is 3. The van der Waals surface area contributed by atoms with E-state index in [1.807, 2.05) is 50.2 Å². The third-order valence-corrected chi connectivity index (χ3v) is 6.07. The van der Waals surface area contributed by atoms with Crippen molar-refractivity contribution in [2.75, 3.05) is 6.54 Å². The van der Waals surface area contributed by atoms with Crippen LogP contribution in [0.5, 0.6) is 0 Å². The first-order valence-corrected chi connectivity index (χ1v) is 12.1. The molecule has 1 aliphatic heterocycles. The molecule has 0 bridgehead atoms. The average Bonchev–Trinajstić information content (AvgIpc) is 3.20. The van der Waals surface area contributed by atoms with Crippen molar-refractivity contribution in [2.45, 2.75) is 77.8 Å². The molecule has 1 aromatic rings. The number of nitriles is 1. The summed E-state index contributed by atoms with van der Waals surface area (Å²) in [4.78, 5) is 37.4. The molecule has 33 heavy (non-hydrogen) atoms. The van der Waals surface area contributed by atoms with E-state index in [-0.39, 0.29) is 29.6 Å². The second-order valence-electron chi connectivity index (χ2n) is 9.60. The second kappa shape index (κ2) is 13.6. The van der Waals surface area contributed by atoms with Gasteiger partial charge in [0.1, 0.15) is 12.1 Å². The lowest BCUT2D eigenvalue weighted by molar-refractivity contribution is -0.131. The van der Waals surface area contributed by atoms with Crippen molar-refractivity contribution in [2.24, 2.45) is 17.8 Å². The Labute approximate surface area is 197 Å². The van der Waals surface area contributed by atoms with Gasteiger partial charge in [0, 0.05) is 18.9 Å². The van der Waals surface area contributed by atoms with Crippen molar-refractivity contribution in [1.82, 2.24) is 16.0 Å². The molecule has 1 aliphatic rings. The first-order chi connectivity index (χ1) is 15.8. The van der Waals surface area contributed by atoms with Crippen LogP contribution in [0.3, 0.4) is 0 Å². The lowest BCUT2D eigenvalue weighted by Crippen LogP contribution is -2.51. The van der Waals surface area contributed by atoms with Gasteiger partial charge in [-0.1, -0.05) is 57.0 Å². The maximum absolute atomic E-state index is 13.3. The monoisotopic (exact) mass is 454 g/mol. The highest BCUT2D eigenvalue weighted by Crippen LogP contribution is 2.21. The highest BCUT2D eigenvalue weighted by Gasteiger charge is 2.27. The molecule has 3 amide bonds. The van der Waals surface area contributed by atoms with Crippen molar-refractivity contribution in [3.05, 3.63) is 35.9 Å². The summed E-state index contributed by atoms with van der Waals surface area (Å²) < 4.78 is 0. The minimum absolute atomic E-state index is 0.123. The zero-order valence-corrected chi connectivity index (χ0v) is 20.1. The van der Waals surface area contributed by atoms with Crippen molar-refractivity contribution in [3.63, 3.8) is 0 Å². The Morgan fingerprint density at radius 1 is 1.12 bits per heavy atom. The Kier molecular flexibility index (Phi) is 10.9. The molecule has 2 unspecified atom stereocenters. The van der Waals surface area contributed by atoms with Crippen LogP contribution in [0.4, 0.5) is 0 Å². The fourth-order valence-corrected chi connectivity index (χ4v) is 4.26. The molecule has 0 aromatic heterocycles. The Morgan fingerprint density at radius 3 is 2.45 bits per heavy atom. The second-order valence-corrected chi connectivity index (χ2v) is 9.60. The van der Waals surface area contributed by atoms with Crippen molar-refractivity contribution in [3.8, 4) is 6.07 Å². The topological polar surface area (TPSA) is 111 Å². The van der Waals surface area contributed by atoms with Gasteiger partial charge in [0.15, 0.2) is 0 Å². The highest BCUT2D eigenvalue weighted by molar-refractivity contribution is 5.88. The van der Waals surface area contributed by atoms with E-state index in [0.717, 1.165) is 37.8 Å². The molecule has 4 atom stereocenters. The quantitative estimate of drug-likeness (QED) is 0.398. The Hall–Kier alpha value is -2.88. The molecule has 1 heterocycles. The molecule has 3 N–H and O–H groups in total. The number of carbonyl (C=O) groups excluding carboxylic acids is 3. The van der Waals surface area contributed by atoms with Crippen molar-refractivity contribution < 1.29 is 14.4 Å².